The zero-order valence-corrected chi connectivity index (χ0v) is 6.70. The van der Waals surface area contributed by atoms with Crippen LogP contribution in [0.1, 0.15) is 25.8 Å². The fourth-order valence-electron chi connectivity index (χ4n) is 0.921. The minimum Gasteiger partial charge on any atom is -0.392 e. The summed E-state index contributed by atoms with van der Waals surface area (Å²) in [5.74, 6) is 0.662. The molecule has 0 aromatic carbocycles. The van der Waals surface area contributed by atoms with Gasteiger partial charge in [0.1, 0.15) is 0 Å². The van der Waals surface area contributed by atoms with Gasteiger partial charge >= 0.3 is 0 Å². The Labute approximate surface area is 78.0 Å². The Morgan fingerprint density at radius 1 is 1.38 bits per heavy atom. The Balaban J connectivity index is 0.000000845. The Bertz CT molecular complexity index is 256. The molecule has 0 bridgehead atoms. The number of aromatic nitrogens is 2. The lowest BCUT2D eigenvalue weighted by atomic mass is 10.4. The van der Waals surface area contributed by atoms with Gasteiger partial charge in [-0.15, -0.1) is 0 Å². The van der Waals surface area contributed by atoms with E-state index in [0.717, 1.165) is 5.56 Å². The highest BCUT2D eigenvalue weighted by Crippen LogP contribution is 2.22. The molecular formula is C9H15N3O. The van der Waals surface area contributed by atoms with Crippen molar-refractivity contribution in [1.29, 1.82) is 0 Å². The summed E-state index contributed by atoms with van der Waals surface area (Å²) in [5, 5.41) is 11.9. The SMILES string of the molecule is C.OCc1cnc(NC2CC2)nc1. The molecule has 4 nitrogen and oxygen atoms in total. The summed E-state index contributed by atoms with van der Waals surface area (Å²) in [6.45, 7) is 0.00368. The summed E-state index contributed by atoms with van der Waals surface area (Å²) < 4.78 is 0. The van der Waals surface area contributed by atoms with Gasteiger partial charge in [-0.1, -0.05) is 7.43 Å². The van der Waals surface area contributed by atoms with Crippen molar-refractivity contribution >= 4 is 5.95 Å². The molecule has 13 heavy (non-hydrogen) atoms. The molecule has 1 fully saturated rings. The number of nitrogens with one attached hydrogen (secondary N) is 1. The second kappa shape index (κ2) is 4.18. The Morgan fingerprint density at radius 3 is 2.46 bits per heavy atom. The van der Waals surface area contributed by atoms with Gasteiger partial charge < -0.3 is 10.4 Å². The van der Waals surface area contributed by atoms with Crippen LogP contribution in [0, 0.1) is 0 Å². The third kappa shape index (κ3) is 2.66. The highest BCUT2D eigenvalue weighted by Gasteiger charge is 2.21. The molecule has 1 aromatic rings. The summed E-state index contributed by atoms with van der Waals surface area (Å²) in [6, 6.07) is 0.574. The van der Waals surface area contributed by atoms with E-state index < -0.39 is 0 Å². The van der Waals surface area contributed by atoms with Crippen LogP contribution < -0.4 is 5.32 Å². The van der Waals surface area contributed by atoms with E-state index in [9.17, 15) is 0 Å². The third-order valence-electron chi connectivity index (χ3n) is 1.80. The van der Waals surface area contributed by atoms with Crippen LogP contribution in [0.5, 0.6) is 0 Å². The second-order valence-electron chi connectivity index (χ2n) is 2.99. The molecule has 0 aliphatic heterocycles. The minimum absolute atomic E-state index is 0. The summed E-state index contributed by atoms with van der Waals surface area (Å²) in [6.07, 6.45) is 5.70. The van der Waals surface area contributed by atoms with Gasteiger partial charge in [-0.25, -0.2) is 9.97 Å². The molecule has 1 aromatic heterocycles. The first kappa shape index (κ1) is 9.92. The van der Waals surface area contributed by atoms with Gasteiger partial charge in [0, 0.05) is 24.0 Å². The molecule has 1 saturated carbocycles. The average molecular weight is 181 g/mol. The van der Waals surface area contributed by atoms with E-state index in [1.807, 2.05) is 0 Å². The normalized spacial score (nSPS) is 14.8. The number of nitrogens with zero attached hydrogens (tertiary/aromatic N) is 2. The van der Waals surface area contributed by atoms with Gasteiger partial charge in [0.15, 0.2) is 0 Å². The highest BCUT2D eigenvalue weighted by atomic mass is 16.3. The zero-order chi connectivity index (χ0) is 8.39. The first-order valence-corrected chi connectivity index (χ1v) is 4.07. The van der Waals surface area contributed by atoms with Crippen molar-refractivity contribution in [3.63, 3.8) is 0 Å². The Hall–Kier alpha value is -1.16. The molecule has 1 aliphatic carbocycles. The van der Waals surface area contributed by atoms with Crippen molar-refractivity contribution in [2.75, 3.05) is 5.32 Å². The van der Waals surface area contributed by atoms with E-state index in [0.29, 0.717) is 12.0 Å². The maximum atomic E-state index is 8.72. The fraction of sp³-hybridized carbons (Fsp3) is 0.556. The molecular weight excluding hydrogens is 166 g/mol. The molecule has 4 heteroatoms. The summed E-state index contributed by atoms with van der Waals surface area (Å²) in [7, 11) is 0. The molecule has 2 rings (SSSR count). The molecule has 1 aliphatic rings. The van der Waals surface area contributed by atoms with Crippen LogP contribution in [0.4, 0.5) is 5.95 Å². The Kier molecular flexibility index (Phi) is 3.19. The van der Waals surface area contributed by atoms with E-state index in [-0.39, 0.29) is 14.0 Å². The highest BCUT2D eigenvalue weighted by molar-refractivity contribution is 5.28. The van der Waals surface area contributed by atoms with Crippen molar-refractivity contribution in [3.8, 4) is 0 Å². The van der Waals surface area contributed by atoms with E-state index in [1.54, 1.807) is 12.4 Å². The molecule has 0 radical (unpaired) electrons. The summed E-state index contributed by atoms with van der Waals surface area (Å²) >= 11 is 0. The van der Waals surface area contributed by atoms with Gasteiger partial charge in [-0.05, 0) is 12.8 Å². The lowest BCUT2D eigenvalue weighted by Gasteiger charge is -2.01. The predicted octanol–water partition coefficient (Wildman–Crippen LogP) is 1.18. The number of aliphatic hydroxyl groups excluding tert-OH is 1. The lowest BCUT2D eigenvalue weighted by Crippen LogP contribution is -2.05. The van der Waals surface area contributed by atoms with Crippen molar-refractivity contribution in [1.82, 2.24) is 9.97 Å². The zero-order valence-electron chi connectivity index (χ0n) is 6.70. The van der Waals surface area contributed by atoms with Crippen LogP contribution in [0.25, 0.3) is 0 Å². The van der Waals surface area contributed by atoms with Gasteiger partial charge in [0.05, 0.1) is 6.61 Å². The maximum absolute atomic E-state index is 8.72. The molecule has 0 spiro atoms. The van der Waals surface area contributed by atoms with Gasteiger partial charge in [-0.3, -0.25) is 0 Å². The molecule has 0 atom stereocenters. The topological polar surface area (TPSA) is 58.0 Å². The Morgan fingerprint density at radius 2 is 2.00 bits per heavy atom. The number of aliphatic hydroxyl groups is 1. The van der Waals surface area contributed by atoms with Gasteiger partial charge in [0.2, 0.25) is 5.95 Å². The fourth-order valence-corrected chi connectivity index (χ4v) is 0.921. The first-order valence-electron chi connectivity index (χ1n) is 4.07. The molecule has 1 heterocycles. The number of rotatable bonds is 3. The standard InChI is InChI=1S/C8H11N3O.CH4/c12-5-6-3-9-8(10-4-6)11-7-1-2-7;/h3-4,7,12H,1-2,5H2,(H,9,10,11);1H4. The minimum atomic E-state index is 0. The molecule has 0 unspecified atom stereocenters. The van der Waals surface area contributed by atoms with Crippen LogP contribution >= 0.6 is 0 Å². The number of hydrogen-bond acceptors (Lipinski definition) is 4. The van der Waals surface area contributed by atoms with E-state index in [4.69, 9.17) is 5.11 Å². The molecule has 0 amide bonds. The van der Waals surface area contributed by atoms with Crippen LogP contribution in [0.15, 0.2) is 12.4 Å². The van der Waals surface area contributed by atoms with Crippen LogP contribution in [-0.2, 0) is 6.61 Å². The number of anilines is 1. The predicted molar refractivity (Wildman–Crippen MR) is 51.3 cm³/mol. The largest absolute Gasteiger partial charge is 0.392 e. The smallest absolute Gasteiger partial charge is 0.222 e. The van der Waals surface area contributed by atoms with E-state index in [2.05, 4.69) is 15.3 Å². The van der Waals surface area contributed by atoms with Crippen molar-refractivity contribution in [2.24, 2.45) is 0 Å². The van der Waals surface area contributed by atoms with Crippen molar-refractivity contribution in [2.45, 2.75) is 32.9 Å². The van der Waals surface area contributed by atoms with Crippen molar-refractivity contribution in [3.05, 3.63) is 18.0 Å². The van der Waals surface area contributed by atoms with E-state index in [1.165, 1.54) is 12.8 Å². The quantitative estimate of drug-likeness (QED) is 0.735. The van der Waals surface area contributed by atoms with Crippen LogP contribution in [0.3, 0.4) is 0 Å². The lowest BCUT2D eigenvalue weighted by molar-refractivity contribution is 0.281. The monoisotopic (exact) mass is 181 g/mol. The summed E-state index contributed by atoms with van der Waals surface area (Å²) in [4.78, 5) is 8.09. The molecule has 2 N–H and O–H groups in total. The van der Waals surface area contributed by atoms with E-state index >= 15 is 0 Å². The molecule has 72 valence electrons. The van der Waals surface area contributed by atoms with Crippen LogP contribution in [-0.4, -0.2) is 21.1 Å². The van der Waals surface area contributed by atoms with Crippen LogP contribution in [0.2, 0.25) is 0 Å². The first-order chi connectivity index (χ1) is 5.88. The second-order valence-corrected chi connectivity index (χ2v) is 2.99. The summed E-state index contributed by atoms with van der Waals surface area (Å²) in [5.41, 5.74) is 0.747. The average Bonchev–Trinajstić information content (AvgIpc) is 2.90. The third-order valence-corrected chi connectivity index (χ3v) is 1.80. The van der Waals surface area contributed by atoms with Gasteiger partial charge in [-0.2, -0.15) is 0 Å². The number of hydrogen-bond donors (Lipinski definition) is 2. The molecule has 0 saturated heterocycles. The maximum Gasteiger partial charge on any atom is 0.222 e. The van der Waals surface area contributed by atoms with Crippen molar-refractivity contribution < 1.29 is 5.11 Å². The van der Waals surface area contributed by atoms with Gasteiger partial charge in [0.25, 0.3) is 0 Å².